The van der Waals surface area contributed by atoms with E-state index in [1.165, 1.54) is 0 Å². The van der Waals surface area contributed by atoms with Crippen LogP contribution >= 0.6 is 0 Å². The molecule has 4 rings (SSSR count). The Morgan fingerprint density at radius 2 is 2.05 bits per heavy atom. The Balaban J connectivity index is 1.67. The van der Waals surface area contributed by atoms with Crippen molar-refractivity contribution in [1.29, 1.82) is 5.26 Å². The van der Waals surface area contributed by atoms with Crippen LogP contribution < -0.4 is 21.1 Å². The summed E-state index contributed by atoms with van der Waals surface area (Å²) in [6, 6.07) is 7.94. The Labute approximate surface area is 223 Å². The second kappa shape index (κ2) is 10.1. The summed E-state index contributed by atoms with van der Waals surface area (Å²) >= 11 is 0. The zero-order chi connectivity index (χ0) is 27.8. The van der Waals surface area contributed by atoms with Crippen LogP contribution in [0.25, 0.3) is 0 Å². The number of nitrogens with two attached hydrogens (primary N) is 1. The molecule has 0 bridgehead atoms. The molecule has 9 nitrogen and oxygen atoms in total. The van der Waals surface area contributed by atoms with Gasteiger partial charge in [-0.25, -0.2) is 9.89 Å². The third-order valence-corrected chi connectivity index (χ3v) is 7.15. The van der Waals surface area contributed by atoms with Crippen molar-refractivity contribution in [3.8, 4) is 23.8 Å². The third kappa shape index (κ3) is 4.94. The SMILES string of the molecule is Cc1n[nH]c2c1C(c1cc(C#C[C@H]3C[C@@H](NC(=O)NC(C)(C)C)C3)cc(CO)c1)(C(C)C)C(C#N)=C(N)O2. The molecule has 2 aromatic rings. The highest BCUT2D eigenvalue weighted by Crippen LogP contribution is 2.52. The van der Waals surface area contributed by atoms with Gasteiger partial charge in [0.2, 0.25) is 11.8 Å². The molecule has 38 heavy (non-hydrogen) atoms. The Morgan fingerprint density at radius 3 is 2.66 bits per heavy atom. The summed E-state index contributed by atoms with van der Waals surface area (Å²) in [7, 11) is 0. The lowest BCUT2D eigenvalue weighted by Crippen LogP contribution is -2.52. The number of aliphatic hydroxyl groups is 1. The molecule has 1 aromatic heterocycles. The molecule has 1 aromatic carbocycles. The number of carbonyl (C=O) groups is 1. The molecular weight excluding hydrogens is 480 g/mol. The first-order chi connectivity index (χ1) is 17.9. The van der Waals surface area contributed by atoms with Gasteiger partial charge in [0, 0.05) is 23.1 Å². The second-order valence-electron chi connectivity index (χ2n) is 11.5. The van der Waals surface area contributed by atoms with Gasteiger partial charge in [0.05, 0.1) is 23.3 Å². The van der Waals surface area contributed by atoms with Gasteiger partial charge in [-0.05, 0) is 69.7 Å². The smallest absolute Gasteiger partial charge is 0.315 e. The van der Waals surface area contributed by atoms with Crippen molar-refractivity contribution in [1.82, 2.24) is 20.8 Å². The summed E-state index contributed by atoms with van der Waals surface area (Å²) in [5.74, 6) is 7.10. The van der Waals surface area contributed by atoms with Gasteiger partial charge in [-0.1, -0.05) is 31.8 Å². The first-order valence-corrected chi connectivity index (χ1v) is 12.9. The quantitative estimate of drug-likeness (QED) is 0.393. The van der Waals surface area contributed by atoms with Crippen molar-refractivity contribution in [2.75, 3.05) is 0 Å². The van der Waals surface area contributed by atoms with E-state index in [2.05, 4.69) is 38.7 Å². The average Bonchev–Trinajstić information content (AvgIpc) is 3.17. The van der Waals surface area contributed by atoms with Crippen LogP contribution in [0.3, 0.4) is 0 Å². The molecule has 1 aliphatic carbocycles. The maximum atomic E-state index is 12.1. The van der Waals surface area contributed by atoms with Gasteiger partial charge in [-0.3, -0.25) is 0 Å². The molecule has 0 radical (unpaired) electrons. The fourth-order valence-electron chi connectivity index (χ4n) is 5.46. The van der Waals surface area contributed by atoms with E-state index in [-0.39, 0.29) is 41.9 Å². The second-order valence-corrected chi connectivity index (χ2v) is 11.5. The number of fused-ring (bicyclic) bond motifs is 1. The molecule has 2 amide bonds. The van der Waals surface area contributed by atoms with Gasteiger partial charge in [-0.2, -0.15) is 10.4 Å². The van der Waals surface area contributed by atoms with Gasteiger partial charge in [-0.15, -0.1) is 0 Å². The number of aromatic amines is 1. The Kier molecular flexibility index (Phi) is 7.18. The lowest BCUT2D eigenvalue weighted by Gasteiger charge is -2.41. The summed E-state index contributed by atoms with van der Waals surface area (Å²) in [6.07, 6.45) is 1.56. The number of aliphatic hydroxyl groups excluding tert-OH is 1. The number of urea groups is 1. The molecule has 1 aliphatic heterocycles. The van der Waals surface area contributed by atoms with E-state index < -0.39 is 5.41 Å². The number of aromatic nitrogens is 2. The number of carbonyl (C=O) groups excluding carboxylic acids is 1. The normalized spacial score (nSPS) is 22.4. The lowest BCUT2D eigenvalue weighted by molar-refractivity contribution is 0.212. The predicted octanol–water partition coefficient (Wildman–Crippen LogP) is 3.47. The summed E-state index contributed by atoms with van der Waals surface area (Å²) in [5.41, 5.74) is 9.02. The Bertz CT molecular complexity index is 1380. The number of rotatable bonds is 4. The highest BCUT2D eigenvalue weighted by atomic mass is 16.5. The van der Waals surface area contributed by atoms with Gasteiger partial charge in [0.15, 0.2) is 0 Å². The van der Waals surface area contributed by atoms with Crippen molar-refractivity contribution >= 4 is 6.03 Å². The van der Waals surface area contributed by atoms with Crippen LogP contribution in [0.2, 0.25) is 0 Å². The highest BCUT2D eigenvalue weighted by molar-refractivity contribution is 5.75. The van der Waals surface area contributed by atoms with Crippen LogP contribution in [0.4, 0.5) is 4.79 Å². The number of hydrogen-bond acceptors (Lipinski definition) is 6. The van der Waals surface area contributed by atoms with Crippen LogP contribution in [0.15, 0.2) is 29.7 Å². The molecule has 1 atom stereocenters. The fourth-order valence-corrected chi connectivity index (χ4v) is 5.46. The van der Waals surface area contributed by atoms with E-state index in [4.69, 9.17) is 10.5 Å². The minimum atomic E-state index is -0.934. The number of nitrogens with zero attached hydrogens (tertiary/aromatic N) is 2. The molecule has 0 spiro atoms. The number of nitrogens with one attached hydrogen (secondary N) is 3. The summed E-state index contributed by atoms with van der Waals surface area (Å²) in [5, 5.41) is 33.5. The number of ether oxygens (including phenoxy) is 1. The minimum absolute atomic E-state index is 0.0305. The van der Waals surface area contributed by atoms with Crippen molar-refractivity contribution in [3.05, 3.63) is 57.6 Å². The van der Waals surface area contributed by atoms with Crippen molar-refractivity contribution < 1.29 is 14.6 Å². The largest absolute Gasteiger partial charge is 0.422 e. The Hall–Kier alpha value is -3.95. The number of aryl methyl sites for hydroxylation is 1. The summed E-state index contributed by atoms with van der Waals surface area (Å²) < 4.78 is 5.74. The van der Waals surface area contributed by atoms with E-state index >= 15 is 0 Å². The van der Waals surface area contributed by atoms with Gasteiger partial charge >= 0.3 is 6.03 Å². The monoisotopic (exact) mass is 516 g/mol. The van der Waals surface area contributed by atoms with Gasteiger partial charge in [0.25, 0.3) is 0 Å². The first-order valence-electron chi connectivity index (χ1n) is 12.9. The van der Waals surface area contributed by atoms with Gasteiger partial charge < -0.3 is 26.2 Å². The van der Waals surface area contributed by atoms with E-state index in [0.29, 0.717) is 22.7 Å². The maximum absolute atomic E-state index is 12.1. The molecule has 1 fully saturated rings. The number of nitriles is 1. The molecule has 1 unspecified atom stereocenters. The molecule has 2 aliphatic rings. The number of allylic oxidation sites excluding steroid dienone is 1. The lowest BCUT2D eigenvalue weighted by atomic mass is 9.61. The van der Waals surface area contributed by atoms with Crippen LogP contribution in [0.1, 0.15) is 75.4 Å². The van der Waals surface area contributed by atoms with Crippen LogP contribution in [-0.4, -0.2) is 32.9 Å². The predicted molar refractivity (Wildman–Crippen MR) is 144 cm³/mol. The van der Waals surface area contributed by atoms with E-state index in [0.717, 1.165) is 29.5 Å². The molecule has 1 saturated carbocycles. The number of benzene rings is 1. The topological polar surface area (TPSA) is 149 Å². The summed E-state index contributed by atoms with van der Waals surface area (Å²) in [4.78, 5) is 12.1. The highest BCUT2D eigenvalue weighted by Gasteiger charge is 2.50. The standard InChI is InChI=1S/C29H36N6O3/c1-16(2)29(23(14-30)25(31)38-26-24(29)17(3)34-35-26)21-10-18(9-20(11-21)15-36)7-8-19-12-22(13-19)32-27(37)33-28(4,5)6/h9-11,16,19,22,36H,12-13,15,31H2,1-6H3,(H,34,35)(H2,32,33,37)/t19-,22+,29?. The van der Waals surface area contributed by atoms with Gasteiger partial charge in [0.1, 0.15) is 11.6 Å². The molecule has 0 saturated heterocycles. The van der Waals surface area contributed by atoms with Crippen LogP contribution in [0.5, 0.6) is 5.88 Å². The zero-order valence-electron chi connectivity index (χ0n) is 22.8. The van der Waals surface area contributed by atoms with E-state index in [9.17, 15) is 15.2 Å². The first kappa shape index (κ1) is 27.1. The number of H-pyrrole nitrogens is 1. The van der Waals surface area contributed by atoms with Crippen molar-refractivity contribution in [3.63, 3.8) is 0 Å². The average molecular weight is 517 g/mol. The minimum Gasteiger partial charge on any atom is -0.422 e. The van der Waals surface area contributed by atoms with Crippen LogP contribution in [0, 0.1) is 41.9 Å². The molecule has 9 heteroatoms. The summed E-state index contributed by atoms with van der Waals surface area (Å²) in [6.45, 7) is 11.6. The number of hydrogen-bond donors (Lipinski definition) is 5. The molecule has 6 N–H and O–H groups in total. The van der Waals surface area contributed by atoms with Crippen molar-refractivity contribution in [2.45, 2.75) is 78.0 Å². The van der Waals surface area contributed by atoms with Crippen molar-refractivity contribution in [2.24, 2.45) is 17.6 Å². The number of amides is 2. The fraction of sp³-hybridized carbons (Fsp3) is 0.483. The molecule has 2 heterocycles. The van der Waals surface area contributed by atoms with Crippen LogP contribution in [-0.2, 0) is 12.0 Å². The van der Waals surface area contributed by atoms with E-state index in [1.54, 1.807) is 0 Å². The maximum Gasteiger partial charge on any atom is 0.315 e. The zero-order valence-corrected chi connectivity index (χ0v) is 22.8. The Morgan fingerprint density at radius 1 is 1.34 bits per heavy atom. The van der Waals surface area contributed by atoms with E-state index in [1.807, 2.05) is 59.7 Å². The molecular formula is C29H36N6O3. The third-order valence-electron chi connectivity index (χ3n) is 7.15. The molecule has 200 valence electrons.